The number of hydrogen-bond acceptors (Lipinski definition) is 6. The second kappa shape index (κ2) is 7.45. The minimum atomic E-state index is -5.14. The summed E-state index contributed by atoms with van der Waals surface area (Å²) in [6, 6.07) is 10.1. The summed E-state index contributed by atoms with van der Waals surface area (Å²) in [6.07, 6.45) is -3.76. The van der Waals surface area contributed by atoms with Crippen molar-refractivity contribution in [2.75, 3.05) is 7.11 Å². The number of phenolic OH excluding ortho intramolecular Hbond substituents is 2. The van der Waals surface area contributed by atoms with Gasteiger partial charge in [0.1, 0.15) is 23.0 Å². The third-order valence-corrected chi connectivity index (χ3v) is 5.29. The van der Waals surface area contributed by atoms with Crippen molar-refractivity contribution in [3.8, 4) is 17.2 Å². The largest absolute Gasteiger partial charge is 0.507 e. The number of aryl methyl sites for hydroxylation is 1. The van der Waals surface area contributed by atoms with Gasteiger partial charge >= 0.3 is 12.1 Å². The molecule has 1 atom stereocenters. The van der Waals surface area contributed by atoms with Crippen molar-refractivity contribution >= 4 is 27.5 Å². The quantitative estimate of drug-likeness (QED) is 0.326. The number of benzene rings is 3. The molecule has 1 heterocycles. The molecule has 9 heteroatoms. The van der Waals surface area contributed by atoms with E-state index >= 15 is 0 Å². The fraction of sp³-hybridized carbons (Fsp3) is 0.174. The molecule has 0 aliphatic rings. The van der Waals surface area contributed by atoms with Gasteiger partial charge in [-0.1, -0.05) is 30.3 Å². The van der Waals surface area contributed by atoms with E-state index < -0.39 is 29.1 Å². The summed E-state index contributed by atoms with van der Waals surface area (Å²) in [6.45, 7) is 1.63. The van der Waals surface area contributed by atoms with E-state index in [2.05, 4.69) is 0 Å². The SMILES string of the molecule is CO[C@](C(=O)Oc1cc(O)c2c(O)c3c(C)occ3cc2c1)(c1ccccc1)C(F)(F)F. The van der Waals surface area contributed by atoms with E-state index in [-0.39, 0.29) is 22.3 Å². The van der Waals surface area contributed by atoms with Gasteiger partial charge in [-0.25, -0.2) is 4.79 Å². The average molecular weight is 446 g/mol. The molecule has 3 aromatic carbocycles. The molecule has 6 nitrogen and oxygen atoms in total. The second-order valence-corrected chi connectivity index (χ2v) is 7.16. The molecule has 4 rings (SSSR count). The Balaban J connectivity index is 1.82. The number of hydrogen-bond donors (Lipinski definition) is 2. The third kappa shape index (κ3) is 3.13. The van der Waals surface area contributed by atoms with E-state index in [0.29, 0.717) is 16.5 Å². The van der Waals surface area contributed by atoms with Crippen molar-refractivity contribution in [3.63, 3.8) is 0 Å². The highest BCUT2D eigenvalue weighted by molar-refractivity contribution is 6.08. The number of aromatic hydroxyl groups is 2. The summed E-state index contributed by atoms with van der Waals surface area (Å²) in [4.78, 5) is 12.8. The maximum absolute atomic E-state index is 14.1. The van der Waals surface area contributed by atoms with Gasteiger partial charge < -0.3 is 24.1 Å². The molecule has 32 heavy (non-hydrogen) atoms. The highest BCUT2D eigenvalue weighted by atomic mass is 19.4. The van der Waals surface area contributed by atoms with Crippen LogP contribution in [0.15, 0.2) is 59.2 Å². The van der Waals surface area contributed by atoms with Crippen molar-refractivity contribution in [1.29, 1.82) is 0 Å². The molecule has 0 amide bonds. The zero-order chi connectivity index (χ0) is 23.3. The summed E-state index contributed by atoms with van der Waals surface area (Å²) in [5, 5.41) is 22.2. The molecule has 0 radical (unpaired) electrons. The Morgan fingerprint density at radius 2 is 1.69 bits per heavy atom. The van der Waals surface area contributed by atoms with Crippen molar-refractivity contribution in [2.45, 2.75) is 18.7 Å². The number of methoxy groups -OCH3 is 1. The molecule has 1 aromatic heterocycles. The molecule has 0 aliphatic heterocycles. The molecule has 0 saturated heterocycles. The van der Waals surface area contributed by atoms with E-state index in [9.17, 15) is 28.2 Å². The lowest BCUT2D eigenvalue weighted by Gasteiger charge is -2.32. The van der Waals surface area contributed by atoms with Gasteiger partial charge in [0, 0.05) is 24.1 Å². The van der Waals surface area contributed by atoms with Crippen LogP contribution in [0.3, 0.4) is 0 Å². The third-order valence-electron chi connectivity index (χ3n) is 5.29. The zero-order valence-corrected chi connectivity index (χ0v) is 16.9. The second-order valence-electron chi connectivity index (χ2n) is 7.16. The predicted molar refractivity (Wildman–Crippen MR) is 109 cm³/mol. The number of ether oxygens (including phenoxy) is 2. The van der Waals surface area contributed by atoms with E-state index in [4.69, 9.17) is 13.9 Å². The number of carbonyl (C=O) groups is 1. The van der Waals surface area contributed by atoms with E-state index in [1.165, 1.54) is 30.5 Å². The van der Waals surface area contributed by atoms with Crippen LogP contribution in [0.4, 0.5) is 13.2 Å². The minimum Gasteiger partial charge on any atom is -0.507 e. The molecule has 0 fully saturated rings. The number of alkyl halides is 3. The van der Waals surface area contributed by atoms with Crippen LogP contribution in [0.2, 0.25) is 0 Å². The zero-order valence-electron chi connectivity index (χ0n) is 16.9. The Bertz CT molecular complexity index is 1330. The molecule has 4 aromatic rings. The van der Waals surface area contributed by atoms with Gasteiger partial charge in [0.05, 0.1) is 17.0 Å². The summed E-state index contributed by atoms with van der Waals surface area (Å²) in [7, 11) is 0.760. The first kappa shape index (κ1) is 21.5. The Kier molecular flexibility index (Phi) is 5.01. The van der Waals surface area contributed by atoms with Gasteiger partial charge in [-0.05, 0) is 24.4 Å². The summed E-state index contributed by atoms with van der Waals surface area (Å²) in [5.74, 6) is -2.42. The van der Waals surface area contributed by atoms with Crippen molar-refractivity contribution in [2.24, 2.45) is 0 Å². The van der Waals surface area contributed by atoms with Gasteiger partial charge in [-0.15, -0.1) is 0 Å². The first-order valence-electron chi connectivity index (χ1n) is 9.36. The van der Waals surface area contributed by atoms with E-state index in [1.807, 2.05) is 0 Å². The van der Waals surface area contributed by atoms with E-state index in [0.717, 1.165) is 25.3 Å². The maximum atomic E-state index is 14.1. The molecule has 0 bridgehead atoms. The average Bonchev–Trinajstić information content (AvgIpc) is 3.09. The Labute approximate surface area is 179 Å². The fourth-order valence-electron chi connectivity index (χ4n) is 3.79. The van der Waals surface area contributed by atoms with Crippen LogP contribution in [0.25, 0.3) is 21.5 Å². The fourth-order valence-corrected chi connectivity index (χ4v) is 3.79. The van der Waals surface area contributed by atoms with Crippen LogP contribution in [-0.2, 0) is 15.1 Å². The van der Waals surface area contributed by atoms with Gasteiger partial charge in [-0.2, -0.15) is 13.2 Å². The van der Waals surface area contributed by atoms with Crippen LogP contribution < -0.4 is 4.74 Å². The highest BCUT2D eigenvalue weighted by Crippen LogP contribution is 2.45. The number of carbonyl (C=O) groups excluding carboxylic acids is 1. The molecule has 0 saturated carbocycles. The normalized spacial score (nSPS) is 13.9. The maximum Gasteiger partial charge on any atom is 0.432 e. The Morgan fingerprint density at radius 3 is 2.31 bits per heavy atom. The monoisotopic (exact) mass is 446 g/mol. The number of rotatable bonds is 4. The first-order chi connectivity index (χ1) is 15.1. The molecular formula is C23H17F3O6. The standard InChI is InChI=1S/C23H17F3O6/c1-12-18-14(11-31-12)8-13-9-16(10-17(27)19(13)20(18)28)32-21(29)22(30-2,23(24,25)26)15-6-4-3-5-7-15/h3-11,27-28H,1-2H3/t22-/m0/s1. The lowest BCUT2D eigenvalue weighted by molar-refractivity contribution is -0.272. The number of esters is 1. The predicted octanol–water partition coefficient (Wildman–Crippen LogP) is 5.32. The molecule has 0 unspecified atom stereocenters. The summed E-state index contributed by atoms with van der Waals surface area (Å²) in [5.41, 5.74) is -3.84. The highest BCUT2D eigenvalue weighted by Gasteiger charge is 2.64. The van der Waals surface area contributed by atoms with Crippen LogP contribution in [0.5, 0.6) is 17.2 Å². The molecular weight excluding hydrogens is 429 g/mol. The number of fused-ring (bicyclic) bond motifs is 2. The number of halogens is 3. The number of phenols is 2. The first-order valence-corrected chi connectivity index (χ1v) is 9.36. The van der Waals surface area contributed by atoms with Crippen molar-refractivity contribution < 1.29 is 42.1 Å². The molecule has 2 N–H and O–H groups in total. The molecule has 0 spiro atoms. The lowest BCUT2D eigenvalue weighted by Crippen LogP contribution is -2.52. The Morgan fingerprint density at radius 1 is 1.00 bits per heavy atom. The van der Waals surface area contributed by atoms with Crippen LogP contribution in [0, 0.1) is 6.92 Å². The lowest BCUT2D eigenvalue weighted by atomic mass is 9.92. The number of furan rings is 1. The van der Waals surface area contributed by atoms with Gasteiger partial charge in [0.2, 0.25) is 0 Å². The van der Waals surface area contributed by atoms with Gasteiger partial charge in [-0.3, -0.25) is 0 Å². The Hall–Kier alpha value is -3.72. The molecule has 0 aliphatic carbocycles. The molecule has 166 valence electrons. The summed E-state index contributed by atoms with van der Waals surface area (Å²) >= 11 is 0. The summed E-state index contributed by atoms with van der Waals surface area (Å²) < 4.78 is 57.2. The van der Waals surface area contributed by atoms with Gasteiger partial charge in [0.25, 0.3) is 5.60 Å². The van der Waals surface area contributed by atoms with Gasteiger partial charge in [0.15, 0.2) is 0 Å². The van der Waals surface area contributed by atoms with Crippen LogP contribution >= 0.6 is 0 Å². The topological polar surface area (TPSA) is 89.1 Å². The smallest absolute Gasteiger partial charge is 0.432 e. The van der Waals surface area contributed by atoms with E-state index in [1.54, 1.807) is 13.0 Å². The van der Waals surface area contributed by atoms with Crippen LogP contribution in [0.1, 0.15) is 11.3 Å². The minimum absolute atomic E-state index is 0.0404. The van der Waals surface area contributed by atoms with Crippen molar-refractivity contribution in [1.82, 2.24) is 0 Å². The van der Waals surface area contributed by atoms with Crippen LogP contribution in [-0.4, -0.2) is 29.5 Å². The van der Waals surface area contributed by atoms with Crippen molar-refractivity contribution in [3.05, 3.63) is 66.1 Å².